The number of rotatable bonds is 5. The number of carbonyl (C=O) groups is 1. The minimum absolute atomic E-state index is 0.119. The summed E-state index contributed by atoms with van der Waals surface area (Å²) in [6.07, 6.45) is 0.412. The average molecular weight is 284 g/mol. The summed E-state index contributed by atoms with van der Waals surface area (Å²) in [7, 11) is 1.59. The Morgan fingerprint density at radius 2 is 2.05 bits per heavy atom. The zero-order valence-corrected chi connectivity index (χ0v) is 12.4. The summed E-state index contributed by atoms with van der Waals surface area (Å²) in [5.41, 5.74) is -0.347. The number of carboxylic acid groups (broad SMARTS) is 1. The lowest BCUT2D eigenvalue weighted by molar-refractivity contribution is -0.384. The number of nitro groups is 1. The Hall–Kier alpha value is -2.12. The Balaban J connectivity index is 3.51. The van der Waals surface area contributed by atoms with E-state index in [1.807, 2.05) is 0 Å². The fourth-order valence-electron chi connectivity index (χ4n) is 2.05. The first-order valence-electron chi connectivity index (χ1n) is 6.29. The van der Waals surface area contributed by atoms with Crippen LogP contribution in [0.25, 0.3) is 0 Å². The summed E-state index contributed by atoms with van der Waals surface area (Å²) >= 11 is 0. The Morgan fingerprint density at radius 1 is 1.50 bits per heavy atom. The molecule has 0 atom stereocenters. The van der Waals surface area contributed by atoms with Gasteiger partial charge < -0.3 is 10.0 Å². The number of anilines is 1. The molecule has 0 radical (unpaired) electrons. The zero-order valence-electron chi connectivity index (χ0n) is 12.4. The molecule has 0 fully saturated rings. The van der Waals surface area contributed by atoms with Crippen LogP contribution in [0.1, 0.15) is 33.4 Å². The van der Waals surface area contributed by atoms with Gasteiger partial charge in [0.1, 0.15) is 12.2 Å². The molecule has 0 aliphatic heterocycles. The lowest BCUT2D eigenvalue weighted by atomic mass is 10.1. The molecule has 1 aromatic rings. The van der Waals surface area contributed by atoms with Gasteiger partial charge in [-0.2, -0.15) is 5.10 Å². The third-order valence-corrected chi connectivity index (χ3v) is 2.94. The second-order valence-electron chi connectivity index (χ2n) is 5.50. The van der Waals surface area contributed by atoms with Crippen LogP contribution in [0.3, 0.4) is 0 Å². The number of carboxylic acids is 1. The van der Waals surface area contributed by atoms with Crippen LogP contribution in [0, 0.1) is 10.1 Å². The first-order valence-corrected chi connectivity index (χ1v) is 6.29. The molecule has 1 aromatic heterocycles. The molecule has 1 rings (SSSR count). The standard InChI is InChI=1S/C12H20N4O4/c1-6-8-10(16(19)20)11(14(5)13-8)15(7-9(17)18)12(2,3)4/h6-7H2,1-5H3,(H,17,18). The van der Waals surface area contributed by atoms with E-state index in [1.54, 1.807) is 34.7 Å². The largest absolute Gasteiger partial charge is 0.480 e. The van der Waals surface area contributed by atoms with E-state index >= 15 is 0 Å². The van der Waals surface area contributed by atoms with Crippen molar-refractivity contribution in [2.24, 2.45) is 7.05 Å². The van der Waals surface area contributed by atoms with Crippen molar-refractivity contribution < 1.29 is 14.8 Å². The van der Waals surface area contributed by atoms with Gasteiger partial charge in [-0.1, -0.05) is 6.92 Å². The highest BCUT2D eigenvalue weighted by Crippen LogP contribution is 2.35. The van der Waals surface area contributed by atoms with Gasteiger partial charge in [0.25, 0.3) is 0 Å². The van der Waals surface area contributed by atoms with Crippen molar-refractivity contribution in [1.82, 2.24) is 9.78 Å². The van der Waals surface area contributed by atoms with Crippen molar-refractivity contribution in [1.29, 1.82) is 0 Å². The van der Waals surface area contributed by atoms with Gasteiger partial charge in [-0.3, -0.25) is 14.9 Å². The van der Waals surface area contributed by atoms with E-state index in [0.717, 1.165) is 0 Å². The molecule has 0 bridgehead atoms. The van der Waals surface area contributed by atoms with Gasteiger partial charge >= 0.3 is 11.7 Å². The number of hydrogen-bond acceptors (Lipinski definition) is 5. The maximum atomic E-state index is 11.3. The van der Waals surface area contributed by atoms with Crippen molar-refractivity contribution in [3.8, 4) is 0 Å². The summed E-state index contributed by atoms with van der Waals surface area (Å²) in [5.74, 6) is -0.824. The molecule has 1 N–H and O–H groups in total. The summed E-state index contributed by atoms with van der Waals surface area (Å²) in [5, 5.41) is 24.5. The highest BCUT2D eigenvalue weighted by molar-refractivity contribution is 5.76. The summed E-state index contributed by atoms with van der Waals surface area (Å²) < 4.78 is 1.38. The second kappa shape index (κ2) is 5.48. The highest BCUT2D eigenvalue weighted by Gasteiger charge is 2.35. The van der Waals surface area contributed by atoms with Gasteiger partial charge in [0.05, 0.1) is 4.92 Å². The quantitative estimate of drug-likeness (QED) is 0.650. The van der Waals surface area contributed by atoms with Crippen LogP contribution in [0.4, 0.5) is 11.5 Å². The van der Waals surface area contributed by atoms with E-state index in [2.05, 4.69) is 5.10 Å². The second-order valence-corrected chi connectivity index (χ2v) is 5.50. The first kappa shape index (κ1) is 15.9. The maximum absolute atomic E-state index is 11.3. The molecule has 8 heteroatoms. The van der Waals surface area contributed by atoms with Crippen molar-refractivity contribution in [3.63, 3.8) is 0 Å². The topological polar surface area (TPSA) is 102 Å². The van der Waals surface area contributed by atoms with Crippen LogP contribution in [-0.4, -0.2) is 37.9 Å². The Labute approximate surface area is 117 Å². The predicted molar refractivity (Wildman–Crippen MR) is 74.0 cm³/mol. The molecule has 20 heavy (non-hydrogen) atoms. The monoisotopic (exact) mass is 284 g/mol. The van der Waals surface area contributed by atoms with Gasteiger partial charge in [0.2, 0.25) is 5.82 Å². The van der Waals surface area contributed by atoms with Gasteiger partial charge in [-0.25, -0.2) is 4.68 Å². The zero-order chi connectivity index (χ0) is 15.7. The van der Waals surface area contributed by atoms with Crippen LogP contribution in [-0.2, 0) is 18.3 Å². The molecule has 0 aliphatic rings. The molecule has 0 saturated carbocycles. The average Bonchev–Trinajstić information content (AvgIpc) is 2.61. The molecule has 8 nitrogen and oxygen atoms in total. The van der Waals surface area contributed by atoms with Crippen molar-refractivity contribution in [2.75, 3.05) is 11.4 Å². The van der Waals surface area contributed by atoms with E-state index in [1.165, 1.54) is 9.58 Å². The molecular weight excluding hydrogens is 264 g/mol. The predicted octanol–water partition coefficient (Wildman–Crippen LogP) is 1.58. The summed E-state index contributed by atoms with van der Waals surface area (Å²) in [4.78, 5) is 23.4. The van der Waals surface area contributed by atoms with Gasteiger partial charge in [-0.15, -0.1) is 0 Å². The third kappa shape index (κ3) is 3.06. The lowest BCUT2D eigenvalue weighted by Crippen LogP contribution is -2.45. The fourth-order valence-corrected chi connectivity index (χ4v) is 2.05. The first-order chi connectivity index (χ1) is 9.09. The Morgan fingerprint density at radius 3 is 2.40 bits per heavy atom. The number of hydrogen-bond donors (Lipinski definition) is 1. The third-order valence-electron chi connectivity index (χ3n) is 2.94. The molecule has 1 heterocycles. The molecule has 112 valence electrons. The number of aliphatic carboxylic acids is 1. The summed E-state index contributed by atoms with van der Waals surface area (Å²) in [6, 6.07) is 0. The number of aromatic nitrogens is 2. The molecule has 0 saturated heterocycles. The summed E-state index contributed by atoms with van der Waals surface area (Å²) in [6.45, 7) is 6.86. The fraction of sp³-hybridized carbons (Fsp3) is 0.667. The van der Waals surface area contributed by atoms with Crippen LogP contribution in [0.15, 0.2) is 0 Å². The van der Waals surface area contributed by atoms with E-state index in [4.69, 9.17) is 5.11 Å². The van der Waals surface area contributed by atoms with E-state index in [-0.39, 0.29) is 18.1 Å². The van der Waals surface area contributed by atoms with Crippen LogP contribution < -0.4 is 4.90 Å². The maximum Gasteiger partial charge on any atom is 0.334 e. The van der Waals surface area contributed by atoms with Crippen LogP contribution >= 0.6 is 0 Å². The SMILES string of the molecule is CCc1nn(C)c(N(CC(=O)O)C(C)(C)C)c1[N+](=O)[O-]. The van der Waals surface area contributed by atoms with Crippen LogP contribution in [0.2, 0.25) is 0 Å². The van der Waals surface area contributed by atoms with Crippen LogP contribution in [0.5, 0.6) is 0 Å². The number of nitrogens with zero attached hydrogens (tertiary/aromatic N) is 4. The molecule has 0 aliphatic carbocycles. The minimum atomic E-state index is -1.05. The van der Waals surface area contributed by atoms with E-state index in [9.17, 15) is 14.9 Å². The van der Waals surface area contributed by atoms with Gasteiger partial charge in [0.15, 0.2) is 0 Å². The minimum Gasteiger partial charge on any atom is -0.480 e. The normalized spacial score (nSPS) is 11.4. The molecule has 0 unspecified atom stereocenters. The lowest BCUT2D eigenvalue weighted by Gasteiger charge is -2.35. The smallest absolute Gasteiger partial charge is 0.334 e. The van der Waals surface area contributed by atoms with Crippen molar-refractivity contribution >= 4 is 17.5 Å². The number of aryl methyl sites for hydroxylation is 2. The Kier molecular flexibility index (Phi) is 4.36. The Bertz CT molecular complexity index is 530. The molecule has 0 amide bonds. The molecule has 0 spiro atoms. The van der Waals surface area contributed by atoms with Gasteiger partial charge in [-0.05, 0) is 27.2 Å². The molecular formula is C12H20N4O4. The van der Waals surface area contributed by atoms with E-state index in [0.29, 0.717) is 12.1 Å². The van der Waals surface area contributed by atoms with Gasteiger partial charge in [0, 0.05) is 12.6 Å². The highest BCUT2D eigenvalue weighted by atomic mass is 16.6. The van der Waals surface area contributed by atoms with Crippen molar-refractivity contribution in [3.05, 3.63) is 15.8 Å². The van der Waals surface area contributed by atoms with E-state index < -0.39 is 16.4 Å². The van der Waals surface area contributed by atoms with Crippen molar-refractivity contribution in [2.45, 2.75) is 39.7 Å². The molecule has 0 aromatic carbocycles.